The Kier molecular flexibility index (Phi) is 6.48. The highest BCUT2D eigenvalue weighted by atomic mass is 79.9. The molecule has 6 heteroatoms. The van der Waals surface area contributed by atoms with Crippen molar-refractivity contribution in [2.45, 2.75) is 12.7 Å². The average molecular weight is 383 g/mol. The first-order chi connectivity index (χ1) is 10.1. The van der Waals surface area contributed by atoms with Crippen LogP contribution >= 0.6 is 39.0 Å². The van der Waals surface area contributed by atoms with Crippen LogP contribution in [0.25, 0.3) is 0 Å². The van der Waals surface area contributed by atoms with Crippen molar-refractivity contribution in [2.24, 2.45) is 5.10 Å². The Morgan fingerprint density at radius 2 is 2.33 bits per heavy atom. The van der Waals surface area contributed by atoms with Crippen LogP contribution in [0.4, 0.5) is 0 Å². The van der Waals surface area contributed by atoms with Crippen molar-refractivity contribution < 1.29 is 4.79 Å². The van der Waals surface area contributed by atoms with Gasteiger partial charge in [0, 0.05) is 15.1 Å². The summed E-state index contributed by atoms with van der Waals surface area (Å²) in [5.41, 5.74) is 4.92. The first kappa shape index (κ1) is 16.3. The van der Waals surface area contributed by atoms with E-state index < -0.39 is 0 Å². The Morgan fingerprint density at radius 1 is 1.48 bits per heavy atom. The van der Waals surface area contributed by atoms with Crippen LogP contribution < -0.4 is 5.43 Å². The maximum atomic E-state index is 11.7. The molecule has 3 nitrogen and oxygen atoms in total. The zero-order valence-corrected chi connectivity index (χ0v) is 14.7. The number of carbonyl (C=O) groups is 1. The van der Waals surface area contributed by atoms with Gasteiger partial charge >= 0.3 is 0 Å². The molecule has 110 valence electrons. The Balaban J connectivity index is 1.70. The molecule has 1 N–H and O–H groups in total. The molecule has 21 heavy (non-hydrogen) atoms. The molecule has 1 heterocycles. The molecule has 0 fully saturated rings. The molecule has 0 spiro atoms. The lowest BCUT2D eigenvalue weighted by molar-refractivity contribution is -0.118. The van der Waals surface area contributed by atoms with Gasteiger partial charge in [-0.1, -0.05) is 28.1 Å². The third-order valence-corrected chi connectivity index (χ3v) is 5.11. The van der Waals surface area contributed by atoms with E-state index in [9.17, 15) is 4.79 Å². The normalized spacial score (nSPS) is 11.0. The van der Waals surface area contributed by atoms with Crippen LogP contribution in [0.2, 0.25) is 0 Å². The number of nitrogens with zero attached hydrogens (tertiary/aromatic N) is 1. The summed E-state index contributed by atoms with van der Waals surface area (Å²) in [6.45, 7) is 2.02. The quantitative estimate of drug-likeness (QED) is 0.600. The summed E-state index contributed by atoms with van der Waals surface area (Å²) in [4.78, 5) is 12.7. The van der Waals surface area contributed by atoms with Gasteiger partial charge in [0.2, 0.25) is 5.91 Å². The minimum atomic E-state index is -0.0829. The number of carbonyl (C=O) groups excluding carboxylic acids is 1. The van der Waals surface area contributed by atoms with E-state index in [0.29, 0.717) is 5.75 Å². The Hall–Kier alpha value is -1.11. The van der Waals surface area contributed by atoms with Crippen molar-refractivity contribution in [3.8, 4) is 0 Å². The molecule has 0 radical (unpaired) electrons. The molecule has 1 amide bonds. The third kappa shape index (κ3) is 5.65. The number of nitrogens with one attached hydrogen (secondary N) is 1. The minimum absolute atomic E-state index is 0.0829. The van der Waals surface area contributed by atoms with Gasteiger partial charge in [0.05, 0.1) is 12.0 Å². The molecule has 0 aliphatic heterocycles. The number of benzene rings is 1. The number of hydrogen-bond donors (Lipinski definition) is 1. The minimum Gasteiger partial charge on any atom is -0.272 e. The van der Waals surface area contributed by atoms with Crippen molar-refractivity contribution >= 4 is 51.2 Å². The smallest absolute Gasteiger partial charge is 0.250 e. The lowest BCUT2D eigenvalue weighted by Gasteiger charge is -2.02. The largest absolute Gasteiger partial charge is 0.272 e. The summed E-state index contributed by atoms with van der Waals surface area (Å²) in [5, 5.41) is 5.99. The van der Waals surface area contributed by atoms with Crippen molar-refractivity contribution in [1.82, 2.24) is 5.43 Å². The Bertz CT molecular complexity index is 640. The molecule has 0 saturated heterocycles. The Morgan fingerprint density at radius 3 is 3.05 bits per heavy atom. The highest BCUT2D eigenvalue weighted by Crippen LogP contribution is 2.17. The van der Waals surface area contributed by atoms with E-state index in [-0.39, 0.29) is 5.91 Å². The predicted molar refractivity (Wildman–Crippen MR) is 95.1 cm³/mol. The molecule has 1 aromatic carbocycles. The molecule has 0 bridgehead atoms. The van der Waals surface area contributed by atoms with Crippen LogP contribution in [0.5, 0.6) is 0 Å². The van der Waals surface area contributed by atoms with Gasteiger partial charge in [-0.3, -0.25) is 4.79 Å². The highest BCUT2D eigenvalue weighted by molar-refractivity contribution is 9.10. The standard InChI is InChI=1S/C15H15BrN2OS2/c1-11-5-6-21-14(11)8-17-18-15(19)10-20-9-12-3-2-4-13(16)7-12/h2-8H,9-10H2,1H3,(H,18,19)/b17-8+. The van der Waals surface area contributed by atoms with Crippen LogP contribution in [-0.4, -0.2) is 17.9 Å². The van der Waals surface area contributed by atoms with E-state index in [1.54, 1.807) is 29.3 Å². The summed E-state index contributed by atoms with van der Waals surface area (Å²) < 4.78 is 1.06. The summed E-state index contributed by atoms with van der Waals surface area (Å²) in [7, 11) is 0. The highest BCUT2D eigenvalue weighted by Gasteiger charge is 2.01. The van der Waals surface area contributed by atoms with Crippen molar-refractivity contribution in [2.75, 3.05) is 5.75 Å². The summed E-state index contributed by atoms with van der Waals surface area (Å²) in [6.07, 6.45) is 1.69. The number of rotatable bonds is 6. The fraction of sp³-hybridized carbons (Fsp3) is 0.200. The molecule has 0 saturated carbocycles. The van der Waals surface area contributed by atoms with E-state index in [4.69, 9.17) is 0 Å². The number of halogens is 1. The molecule has 1 aromatic heterocycles. The van der Waals surface area contributed by atoms with E-state index in [0.717, 1.165) is 15.1 Å². The van der Waals surface area contributed by atoms with Crippen LogP contribution in [0.3, 0.4) is 0 Å². The molecule has 2 rings (SSSR count). The Labute approximate surface area is 141 Å². The fourth-order valence-electron chi connectivity index (χ4n) is 1.60. The molecule has 0 unspecified atom stereocenters. The number of thiophene rings is 1. The van der Waals surface area contributed by atoms with E-state index in [2.05, 4.69) is 32.5 Å². The zero-order valence-electron chi connectivity index (χ0n) is 11.5. The average Bonchev–Trinajstić information content (AvgIpc) is 2.85. The van der Waals surface area contributed by atoms with Crippen LogP contribution in [0.15, 0.2) is 45.3 Å². The van der Waals surface area contributed by atoms with E-state index in [1.807, 2.05) is 36.6 Å². The molecular weight excluding hydrogens is 368 g/mol. The van der Waals surface area contributed by atoms with Gasteiger partial charge in [-0.25, -0.2) is 5.43 Å². The molecule has 0 aliphatic rings. The van der Waals surface area contributed by atoms with Crippen molar-refractivity contribution in [3.05, 3.63) is 56.2 Å². The number of hydrogen-bond acceptors (Lipinski definition) is 4. The SMILES string of the molecule is Cc1ccsc1/C=N/NC(=O)CSCc1cccc(Br)c1. The van der Waals surface area contributed by atoms with Gasteiger partial charge in [0.15, 0.2) is 0 Å². The second-order valence-corrected chi connectivity index (χ2v) is 7.23. The van der Waals surface area contributed by atoms with Crippen LogP contribution in [-0.2, 0) is 10.5 Å². The van der Waals surface area contributed by atoms with Gasteiger partial charge in [0.1, 0.15) is 0 Å². The maximum Gasteiger partial charge on any atom is 0.250 e. The van der Waals surface area contributed by atoms with Gasteiger partial charge in [-0.15, -0.1) is 23.1 Å². The number of thioether (sulfide) groups is 1. The summed E-state index contributed by atoms with van der Waals surface area (Å²) in [5.74, 6) is 1.12. The maximum absolute atomic E-state index is 11.7. The summed E-state index contributed by atoms with van der Waals surface area (Å²) >= 11 is 6.61. The zero-order chi connectivity index (χ0) is 15.1. The lowest BCUT2D eigenvalue weighted by Crippen LogP contribution is -2.19. The molecule has 0 atom stereocenters. The lowest BCUT2D eigenvalue weighted by atomic mass is 10.2. The fourth-order valence-corrected chi connectivity index (χ4v) is 3.60. The first-order valence-corrected chi connectivity index (χ1v) is 9.16. The van der Waals surface area contributed by atoms with Crippen LogP contribution in [0, 0.1) is 6.92 Å². The number of aryl methyl sites for hydroxylation is 1. The van der Waals surface area contributed by atoms with Gasteiger partial charge in [-0.2, -0.15) is 5.10 Å². The molecule has 0 aliphatic carbocycles. The van der Waals surface area contributed by atoms with Crippen molar-refractivity contribution in [1.29, 1.82) is 0 Å². The van der Waals surface area contributed by atoms with Gasteiger partial charge in [-0.05, 0) is 41.6 Å². The topological polar surface area (TPSA) is 41.5 Å². The second-order valence-electron chi connectivity index (χ2n) is 4.38. The first-order valence-electron chi connectivity index (χ1n) is 6.33. The third-order valence-electron chi connectivity index (χ3n) is 2.66. The second kappa shape index (κ2) is 8.36. The van der Waals surface area contributed by atoms with Crippen LogP contribution in [0.1, 0.15) is 16.0 Å². The number of hydrazone groups is 1. The summed E-state index contributed by atoms with van der Waals surface area (Å²) in [6, 6.07) is 10.1. The monoisotopic (exact) mass is 382 g/mol. The molecule has 2 aromatic rings. The molecular formula is C15H15BrN2OS2. The van der Waals surface area contributed by atoms with Crippen molar-refractivity contribution in [3.63, 3.8) is 0 Å². The van der Waals surface area contributed by atoms with Gasteiger partial charge < -0.3 is 0 Å². The van der Waals surface area contributed by atoms with E-state index in [1.165, 1.54) is 11.1 Å². The number of amides is 1. The van der Waals surface area contributed by atoms with E-state index >= 15 is 0 Å². The predicted octanol–water partition coefficient (Wildman–Crippen LogP) is 4.20. The van der Waals surface area contributed by atoms with Gasteiger partial charge in [0.25, 0.3) is 0 Å².